The molecule has 5 aromatic rings. The van der Waals surface area contributed by atoms with Gasteiger partial charge in [-0.3, -0.25) is 10.1 Å². The average Bonchev–Trinajstić information content (AvgIpc) is 3.33. The second-order valence-corrected chi connectivity index (χ2v) is 9.12. The summed E-state index contributed by atoms with van der Waals surface area (Å²) >= 11 is 5.35. The van der Waals surface area contributed by atoms with Crippen LogP contribution in [0.15, 0.2) is 95.4 Å². The molecule has 0 bridgehead atoms. The lowest BCUT2D eigenvalue weighted by molar-refractivity contribution is 0.0977. The van der Waals surface area contributed by atoms with Crippen LogP contribution in [0.1, 0.15) is 27.0 Å². The quantitative estimate of drug-likeness (QED) is 0.246. The van der Waals surface area contributed by atoms with Crippen molar-refractivity contribution in [3.8, 4) is 17.2 Å². The van der Waals surface area contributed by atoms with Gasteiger partial charge in [0.1, 0.15) is 17.9 Å². The molecule has 0 saturated heterocycles. The lowest BCUT2D eigenvalue weighted by Gasteiger charge is -2.10. The van der Waals surface area contributed by atoms with Gasteiger partial charge in [-0.15, -0.1) is 0 Å². The molecular formula is C30H25N3O3S. The molecule has 5 rings (SSSR count). The normalized spacial score (nSPS) is 10.8. The number of nitrogens with one attached hydrogen (secondary N) is 2. The Morgan fingerprint density at radius 3 is 2.46 bits per heavy atom. The van der Waals surface area contributed by atoms with Crippen LogP contribution in [-0.2, 0) is 6.61 Å². The standard InChI is InChI=1S/C30H25N3O3S/c1-19-8-9-23(16-20(19)2)29-32-26-17-24(12-15-27(26)36-29)31-30(37)33-28(34)22-10-13-25(14-11-22)35-18-21-6-4-3-5-7-21/h3-17H,18H2,1-2H3,(H2,31,33,34,37). The Hall–Kier alpha value is -4.49. The van der Waals surface area contributed by atoms with E-state index in [-0.39, 0.29) is 11.0 Å². The number of benzene rings is 4. The van der Waals surface area contributed by atoms with Gasteiger partial charge in [-0.1, -0.05) is 36.4 Å². The van der Waals surface area contributed by atoms with E-state index >= 15 is 0 Å². The number of hydrogen-bond acceptors (Lipinski definition) is 5. The number of thiocarbonyl (C=S) groups is 1. The molecule has 184 valence electrons. The fourth-order valence-electron chi connectivity index (χ4n) is 3.78. The van der Waals surface area contributed by atoms with Crippen LogP contribution in [0.5, 0.6) is 5.75 Å². The van der Waals surface area contributed by atoms with Crippen molar-refractivity contribution in [2.75, 3.05) is 5.32 Å². The maximum atomic E-state index is 12.7. The molecule has 1 heterocycles. The largest absolute Gasteiger partial charge is 0.489 e. The van der Waals surface area contributed by atoms with Gasteiger partial charge in [-0.05, 0) is 97.4 Å². The Kier molecular flexibility index (Phi) is 6.96. The summed E-state index contributed by atoms with van der Waals surface area (Å²) in [5, 5.41) is 5.94. The second-order valence-electron chi connectivity index (χ2n) is 8.71. The predicted molar refractivity (Wildman–Crippen MR) is 150 cm³/mol. The predicted octanol–water partition coefficient (Wildman–Crippen LogP) is 6.82. The van der Waals surface area contributed by atoms with Gasteiger partial charge in [0.25, 0.3) is 5.91 Å². The third-order valence-corrected chi connectivity index (χ3v) is 6.20. The number of nitrogens with zero attached hydrogens (tertiary/aromatic N) is 1. The van der Waals surface area contributed by atoms with E-state index in [1.54, 1.807) is 24.3 Å². The van der Waals surface area contributed by atoms with Crippen LogP contribution < -0.4 is 15.4 Å². The van der Waals surface area contributed by atoms with E-state index in [0.717, 1.165) is 11.1 Å². The molecule has 2 N–H and O–H groups in total. The number of amides is 1. The Morgan fingerprint density at radius 2 is 1.70 bits per heavy atom. The summed E-state index contributed by atoms with van der Waals surface area (Å²) in [4.78, 5) is 17.3. The van der Waals surface area contributed by atoms with Gasteiger partial charge in [-0.25, -0.2) is 4.98 Å². The van der Waals surface area contributed by atoms with E-state index in [9.17, 15) is 4.79 Å². The van der Waals surface area contributed by atoms with E-state index in [0.29, 0.717) is 40.6 Å². The number of rotatable bonds is 6. The third kappa shape index (κ3) is 5.85. The summed E-state index contributed by atoms with van der Waals surface area (Å²) < 4.78 is 11.7. The van der Waals surface area contributed by atoms with Crippen LogP contribution in [0.4, 0.5) is 5.69 Å². The van der Waals surface area contributed by atoms with Crippen LogP contribution >= 0.6 is 12.2 Å². The number of fused-ring (bicyclic) bond motifs is 1. The first kappa shape index (κ1) is 24.2. The number of anilines is 1. The van der Waals surface area contributed by atoms with E-state index in [2.05, 4.69) is 41.6 Å². The number of hydrogen-bond donors (Lipinski definition) is 2. The van der Waals surface area contributed by atoms with Gasteiger partial charge in [0.15, 0.2) is 10.7 Å². The minimum Gasteiger partial charge on any atom is -0.489 e. The molecular weight excluding hydrogens is 482 g/mol. The van der Waals surface area contributed by atoms with Crippen LogP contribution in [0.3, 0.4) is 0 Å². The molecule has 37 heavy (non-hydrogen) atoms. The number of oxazole rings is 1. The number of aromatic nitrogens is 1. The molecule has 0 spiro atoms. The van der Waals surface area contributed by atoms with Crippen molar-refractivity contribution in [1.29, 1.82) is 0 Å². The lowest BCUT2D eigenvalue weighted by Crippen LogP contribution is -2.34. The molecule has 0 aliphatic rings. The Balaban J connectivity index is 1.19. The number of ether oxygens (including phenoxy) is 1. The number of aryl methyl sites for hydroxylation is 2. The molecule has 0 fully saturated rings. The first-order valence-corrected chi connectivity index (χ1v) is 12.2. The first-order valence-electron chi connectivity index (χ1n) is 11.8. The zero-order valence-corrected chi connectivity index (χ0v) is 21.3. The molecule has 0 aliphatic carbocycles. The summed E-state index contributed by atoms with van der Waals surface area (Å²) in [7, 11) is 0. The first-order chi connectivity index (χ1) is 17.9. The highest BCUT2D eigenvalue weighted by molar-refractivity contribution is 7.80. The molecule has 0 radical (unpaired) electrons. The highest BCUT2D eigenvalue weighted by Crippen LogP contribution is 2.27. The van der Waals surface area contributed by atoms with Crippen molar-refractivity contribution < 1.29 is 13.9 Å². The Morgan fingerprint density at radius 1 is 0.919 bits per heavy atom. The van der Waals surface area contributed by atoms with Crippen molar-refractivity contribution in [3.05, 3.63) is 113 Å². The smallest absolute Gasteiger partial charge is 0.257 e. The van der Waals surface area contributed by atoms with Crippen LogP contribution in [0, 0.1) is 13.8 Å². The summed E-state index contributed by atoms with van der Waals surface area (Å²) in [5.74, 6) is 0.927. The second kappa shape index (κ2) is 10.6. The van der Waals surface area contributed by atoms with Crippen molar-refractivity contribution in [2.24, 2.45) is 0 Å². The van der Waals surface area contributed by atoms with Crippen molar-refractivity contribution in [2.45, 2.75) is 20.5 Å². The summed E-state index contributed by atoms with van der Waals surface area (Å²) in [6.07, 6.45) is 0. The monoisotopic (exact) mass is 507 g/mol. The lowest BCUT2D eigenvalue weighted by atomic mass is 10.1. The van der Waals surface area contributed by atoms with Gasteiger partial charge < -0.3 is 14.5 Å². The van der Waals surface area contributed by atoms with Gasteiger partial charge in [0, 0.05) is 16.8 Å². The molecule has 7 heteroatoms. The molecule has 6 nitrogen and oxygen atoms in total. The molecule has 0 saturated carbocycles. The zero-order valence-electron chi connectivity index (χ0n) is 20.4. The molecule has 0 aliphatic heterocycles. The molecule has 1 amide bonds. The topological polar surface area (TPSA) is 76.4 Å². The third-order valence-electron chi connectivity index (χ3n) is 5.99. The van der Waals surface area contributed by atoms with Crippen LogP contribution in [0.2, 0.25) is 0 Å². The SMILES string of the molecule is Cc1ccc(-c2nc3cc(NC(=S)NC(=O)c4ccc(OCc5ccccc5)cc4)ccc3o2)cc1C. The summed E-state index contributed by atoms with van der Waals surface area (Å²) in [6.45, 7) is 4.59. The number of carbonyl (C=O) groups excluding carboxylic acids is 1. The maximum absolute atomic E-state index is 12.7. The van der Waals surface area contributed by atoms with E-state index in [1.165, 1.54) is 11.1 Å². The minimum atomic E-state index is -0.313. The zero-order chi connectivity index (χ0) is 25.8. The van der Waals surface area contributed by atoms with Crippen LogP contribution in [-0.4, -0.2) is 16.0 Å². The van der Waals surface area contributed by atoms with Gasteiger partial charge >= 0.3 is 0 Å². The van der Waals surface area contributed by atoms with Gasteiger partial charge in [-0.2, -0.15) is 0 Å². The molecule has 0 unspecified atom stereocenters. The van der Waals surface area contributed by atoms with Crippen molar-refractivity contribution >= 4 is 40.0 Å². The Labute approximate surface area is 220 Å². The minimum absolute atomic E-state index is 0.187. The van der Waals surface area contributed by atoms with E-state index in [1.807, 2.05) is 54.6 Å². The maximum Gasteiger partial charge on any atom is 0.257 e. The highest BCUT2D eigenvalue weighted by Gasteiger charge is 2.12. The van der Waals surface area contributed by atoms with E-state index in [4.69, 9.17) is 21.4 Å². The fourth-order valence-corrected chi connectivity index (χ4v) is 3.99. The average molecular weight is 508 g/mol. The Bertz CT molecular complexity index is 1580. The van der Waals surface area contributed by atoms with Gasteiger partial charge in [0.2, 0.25) is 5.89 Å². The van der Waals surface area contributed by atoms with Crippen molar-refractivity contribution in [1.82, 2.24) is 10.3 Å². The summed E-state index contributed by atoms with van der Waals surface area (Å²) in [5.41, 5.74) is 6.93. The van der Waals surface area contributed by atoms with Crippen molar-refractivity contribution in [3.63, 3.8) is 0 Å². The molecule has 1 aromatic heterocycles. The highest BCUT2D eigenvalue weighted by atomic mass is 32.1. The van der Waals surface area contributed by atoms with E-state index < -0.39 is 0 Å². The van der Waals surface area contributed by atoms with Gasteiger partial charge in [0.05, 0.1) is 0 Å². The van der Waals surface area contributed by atoms with Crippen LogP contribution in [0.25, 0.3) is 22.6 Å². The fraction of sp³-hybridized carbons (Fsp3) is 0.100. The molecule has 4 aromatic carbocycles. The molecule has 0 atom stereocenters. The summed E-state index contributed by atoms with van der Waals surface area (Å²) in [6, 6.07) is 28.4. The number of carbonyl (C=O) groups is 1.